The average Bonchev–Trinajstić information content (AvgIpc) is 3.02. The lowest BCUT2D eigenvalue weighted by Gasteiger charge is -2.17. The Morgan fingerprint density at radius 2 is 2.25 bits per heavy atom. The lowest BCUT2D eigenvalue weighted by molar-refractivity contribution is 0.0960. The van der Waals surface area contributed by atoms with Gasteiger partial charge in [0, 0.05) is 17.0 Å². The number of thiophene rings is 1. The number of carbonyl (C=O) groups is 1. The second kappa shape index (κ2) is 6.74. The summed E-state index contributed by atoms with van der Waals surface area (Å²) in [6, 6.07) is 4.01. The number of rotatable bonds is 5. The number of amides is 1. The van der Waals surface area contributed by atoms with Gasteiger partial charge in [0.1, 0.15) is 9.88 Å². The molecule has 0 spiro atoms. The van der Waals surface area contributed by atoms with Gasteiger partial charge in [-0.1, -0.05) is 26.8 Å². The Labute approximate surface area is 131 Å². The van der Waals surface area contributed by atoms with E-state index in [2.05, 4.69) is 31.1 Å². The standard InChI is InChI=1S/C14H18N2OS3/c1-14(2,3)19-8-6-15-12(17)11-9-16-13(20-11)10-5-4-7-18-10/h4-5,7,9H,6,8H2,1-3H3,(H,15,17). The van der Waals surface area contributed by atoms with Crippen LogP contribution in [0.15, 0.2) is 23.7 Å². The Balaban J connectivity index is 1.84. The largest absolute Gasteiger partial charge is 0.350 e. The molecule has 2 rings (SSSR count). The fraction of sp³-hybridized carbons (Fsp3) is 0.429. The van der Waals surface area contributed by atoms with E-state index in [4.69, 9.17) is 0 Å². The van der Waals surface area contributed by atoms with Gasteiger partial charge >= 0.3 is 0 Å². The van der Waals surface area contributed by atoms with E-state index >= 15 is 0 Å². The van der Waals surface area contributed by atoms with Gasteiger partial charge in [0.25, 0.3) is 5.91 Å². The highest BCUT2D eigenvalue weighted by molar-refractivity contribution is 8.00. The minimum atomic E-state index is -0.0279. The van der Waals surface area contributed by atoms with Gasteiger partial charge in [-0.05, 0) is 11.4 Å². The van der Waals surface area contributed by atoms with E-state index in [9.17, 15) is 4.79 Å². The van der Waals surface area contributed by atoms with Crippen LogP contribution < -0.4 is 5.32 Å². The first kappa shape index (κ1) is 15.5. The summed E-state index contributed by atoms with van der Waals surface area (Å²) in [6.07, 6.45) is 1.66. The molecule has 1 amide bonds. The van der Waals surface area contributed by atoms with E-state index in [1.165, 1.54) is 11.3 Å². The Bertz CT molecular complexity index is 555. The van der Waals surface area contributed by atoms with E-state index in [0.717, 1.165) is 15.6 Å². The van der Waals surface area contributed by atoms with Crippen LogP contribution in [-0.4, -0.2) is 27.9 Å². The molecule has 108 valence electrons. The molecule has 1 N–H and O–H groups in total. The molecule has 0 bridgehead atoms. The molecule has 2 heterocycles. The van der Waals surface area contributed by atoms with Gasteiger partial charge in [-0.25, -0.2) is 4.98 Å². The number of aromatic nitrogens is 1. The van der Waals surface area contributed by atoms with Crippen molar-refractivity contribution in [2.75, 3.05) is 12.3 Å². The molecule has 2 aromatic heterocycles. The molecule has 0 saturated heterocycles. The molecule has 20 heavy (non-hydrogen) atoms. The van der Waals surface area contributed by atoms with Crippen molar-refractivity contribution in [3.05, 3.63) is 28.6 Å². The van der Waals surface area contributed by atoms with E-state index in [1.807, 2.05) is 29.3 Å². The van der Waals surface area contributed by atoms with Gasteiger partial charge in [0.05, 0.1) is 11.1 Å². The molecule has 3 nitrogen and oxygen atoms in total. The third-order valence-electron chi connectivity index (χ3n) is 2.38. The van der Waals surface area contributed by atoms with E-state index in [0.29, 0.717) is 11.4 Å². The van der Waals surface area contributed by atoms with Gasteiger partial charge in [-0.15, -0.1) is 22.7 Å². The molecule has 0 saturated carbocycles. The lowest BCUT2D eigenvalue weighted by atomic mass is 10.3. The van der Waals surface area contributed by atoms with Crippen molar-refractivity contribution in [3.8, 4) is 9.88 Å². The Morgan fingerprint density at radius 1 is 1.45 bits per heavy atom. The molecular weight excluding hydrogens is 308 g/mol. The van der Waals surface area contributed by atoms with Crippen molar-refractivity contribution in [3.63, 3.8) is 0 Å². The highest BCUT2D eigenvalue weighted by atomic mass is 32.2. The van der Waals surface area contributed by atoms with Crippen molar-refractivity contribution in [2.24, 2.45) is 0 Å². The molecule has 0 radical (unpaired) electrons. The first-order chi connectivity index (χ1) is 9.46. The van der Waals surface area contributed by atoms with Crippen molar-refractivity contribution in [1.82, 2.24) is 10.3 Å². The summed E-state index contributed by atoms with van der Waals surface area (Å²) in [6.45, 7) is 7.22. The Hall–Kier alpha value is -0.850. The van der Waals surface area contributed by atoms with Crippen LogP contribution in [0.5, 0.6) is 0 Å². The zero-order valence-electron chi connectivity index (χ0n) is 11.8. The van der Waals surface area contributed by atoms with Crippen molar-refractivity contribution in [2.45, 2.75) is 25.5 Å². The van der Waals surface area contributed by atoms with Crippen LogP contribution in [0.1, 0.15) is 30.4 Å². The second-order valence-electron chi connectivity index (χ2n) is 5.22. The van der Waals surface area contributed by atoms with Crippen LogP contribution in [-0.2, 0) is 0 Å². The summed E-state index contributed by atoms with van der Waals surface area (Å²) in [5, 5.41) is 5.87. The zero-order valence-corrected chi connectivity index (χ0v) is 14.3. The molecule has 0 aliphatic rings. The van der Waals surface area contributed by atoms with Crippen LogP contribution in [0, 0.1) is 0 Å². The highest BCUT2D eigenvalue weighted by Gasteiger charge is 2.13. The summed E-state index contributed by atoms with van der Waals surface area (Å²) in [5.74, 6) is 0.894. The number of nitrogens with zero attached hydrogens (tertiary/aromatic N) is 1. The molecule has 0 aliphatic carbocycles. The average molecular weight is 327 g/mol. The maximum Gasteiger partial charge on any atom is 0.263 e. The molecule has 0 aromatic carbocycles. The van der Waals surface area contributed by atoms with E-state index in [1.54, 1.807) is 17.5 Å². The van der Waals surface area contributed by atoms with Gasteiger partial charge < -0.3 is 5.32 Å². The minimum Gasteiger partial charge on any atom is -0.350 e. The topological polar surface area (TPSA) is 42.0 Å². The quantitative estimate of drug-likeness (QED) is 0.840. The number of nitrogens with one attached hydrogen (secondary N) is 1. The van der Waals surface area contributed by atoms with Crippen molar-refractivity contribution < 1.29 is 4.79 Å². The molecule has 6 heteroatoms. The molecule has 0 fully saturated rings. The van der Waals surface area contributed by atoms with Crippen LogP contribution in [0.3, 0.4) is 0 Å². The number of carbonyl (C=O) groups excluding carboxylic acids is 1. The highest BCUT2D eigenvalue weighted by Crippen LogP contribution is 2.28. The Morgan fingerprint density at radius 3 is 2.90 bits per heavy atom. The zero-order chi connectivity index (χ0) is 14.6. The fourth-order valence-corrected chi connectivity index (χ4v) is 3.96. The summed E-state index contributed by atoms with van der Waals surface area (Å²) in [5.41, 5.74) is 0. The summed E-state index contributed by atoms with van der Waals surface area (Å²) in [4.78, 5) is 18.1. The van der Waals surface area contributed by atoms with Crippen LogP contribution in [0.4, 0.5) is 0 Å². The van der Waals surface area contributed by atoms with Crippen LogP contribution in [0.2, 0.25) is 0 Å². The van der Waals surface area contributed by atoms with Gasteiger partial charge in [0.15, 0.2) is 0 Å². The summed E-state index contributed by atoms with van der Waals surface area (Å²) in [7, 11) is 0. The number of hydrogen-bond donors (Lipinski definition) is 1. The normalized spacial score (nSPS) is 11.6. The predicted molar refractivity (Wildman–Crippen MR) is 90.0 cm³/mol. The lowest BCUT2D eigenvalue weighted by Crippen LogP contribution is -2.26. The maximum atomic E-state index is 12.0. The fourth-order valence-electron chi connectivity index (χ4n) is 1.50. The number of thioether (sulfide) groups is 1. The number of thiazole rings is 1. The monoisotopic (exact) mass is 326 g/mol. The first-order valence-electron chi connectivity index (χ1n) is 6.37. The number of hydrogen-bond acceptors (Lipinski definition) is 5. The summed E-state index contributed by atoms with van der Waals surface area (Å²) < 4.78 is 0.238. The second-order valence-corrected chi connectivity index (χ2v) is 9.12. The van der Waals surface area contributed by atoms with Crippen LogP contribution in [0.25, 0.3) is 9.88 Å². The Kier molecular flexibility index (Phi) is 5.23. The smallest absolute Gasteiger partial charge is 0.263 e. The van der Waals surface area contributed by atoms with Gasteiger partial charge in [-0.3, -0.25) is 4.79 Å². The van der Waals surface area contributed by atoms with Crippen LogP contribution >= 0.6 is 34.4 Å². The van der Waals surface area contributed by atoms with E-state index < -0.39 is 0 Å². The SMILES string of the molecule is CC(C)(C)SCCNC(=O)c1cnc(-c2cccs2)s1. The van der Waals surface area contributed by atoms with Gasteiger partial charge in [0.2, 0.25) is 0 Å². The molecule has 0 atom stereocenters. The summed E-state index contributed by atoms with van der Waals surface area (Å²) >= 11 is 4.93. The van der Waals surface area contributed by atoms with Crippen molar-refractivity contribution in [1.29, 1.82) is 0 Å². The molecular formula is C14H18N2OS3. The molecule has 2 aromatic rings. The van der Waals surface area contributed by atoms with Gasteiger partial charge in [-0.2, -0.15) is 11.8 Å². The van der Waals surface area contributed by atoms with Crippen molar-refractivity contribution >= 4 is 40.3 Å². The predicted octanol–water partition coefficient (Wildman–Crippen LogP) is 4.13. The minimum absolute atomic E-state index is 0.0279. The molecule has 0 aliphatic heterocycles. The maximum absolute atomic E-state index is 12.0. The molecule has 0 unspecified atom stereocenters. The first-order valence-corrected chi connectivity index (χ1v) is 9.06. The third kappa shape index (κ3) is 4.61. The third-order valence-corrected chi connectivity index (χ3v) is 5.69. The van der Waals surface area contributed by atoms with E-state index in [-0.39, 0.29) is 10.7 Å².